The summed E-state index contributed by atoms with van der Waals surface area (Å²) < 4.78 is 3.45. The van der Waals surface area contributed by atoms with E-state index in [1.54, 1.807) is 11.8 Å². The van der Waals surface area contributed by atoms with E-state index >= 15 is 0 Å². The summed E-state index contributed by atoms with van der Waals surface area (Å²) >= 11 is 3.15. The minimum Gasteiger partial charge on any atom is -0.302 e. The number of aldehydes is 1. The van der Waals surface area contributed by atoms with Gasteiger partial charge in [0.1, 0.15) is 5.82 Å². The molecule has 2 aliphatic rings. The maximum atomic E-state index is 10.7. The number of thiophene rings is 1. The van der Waals surface area contributed by atoms with Crippen LogP contribution in [0.15, 0.2) is 21.5 Å². The van der Waals surface area contributed by atoms with Gasteiger partial charge in [0.25, 0.3) is 0 Å². The normalized spacial score (nSPS) is 18.7. The van der Waals surface area contributed by atoms with Crippen molar-refractivity contribution in [2.45, 2.75) is 47.0 Å². The number of nitrogens with zero attached hydrogens (tertiary/aromatic N) is 3. The van der Waals surface area contributed by atoms with Crippen molar-refractivity contribution in [1.29, 1.82) is 0 Å². The van der Waals surface area contributed by atoms with Gasteiger partial charge in [-0.3, -0.25) is 4.79 Å². The Kier molecular flexibility index (Phi) is 2.73. The average molecular weight is 291 g/mol. The highest BCUT2D eigenvalue weighted by Gasteiger charge is 2.36. The molecule has 2 aliphatic carbocycles. The molecule has 0 aromatic carbocycles. The summed E-state index contributed by atoms with van der Waals surface area (Å²) in [6.07, 6.45) is 5.90. The molecule has 0 amide bonds. The van der Waals surface area contributed by atoms with Gasteiger partial charge in [-0.1, -0.05) is 0 Å². The summed E-state index contributed by atoms with van der Waals surface area (Å²) in [5.41, 5.74) is 0. The molecule has 4 rings (SSSR count). The molecule has 2 aromatic rings. The molecule has 2 saturated carbocycles. The summed E-state index contributed by atoms with van der Waals surface area (Å²) in [6.45, 7) is 0. The number of carbonyl (C=O) groups excluding carboxylic acids is 1. The van der Waals surface area contributed by atoms with Crippen molar-refractivity contribution >= 4 is 29.4 Å². The molecule has 0 spiro atoms. The van der Waals surface area contributed by atoms with Crippen LogP contribution in [0.4, 0.5) is 0 Å². The van der Waals surface area contributed by atoms with E-state index in [9.17, 15) is 4.79 Å². The van der Waals surface area contributed by atoms with Gasteiger partial charge in [-0.25, -0.2) is 0 Å². The van der Waals surface area contributed by atoms with Crippen molar-refractivity contribution < 1.29 is 4.79 Å². The van der Waals surface area contributed by atoms with Crippen LogP contribution in [0, 0.1) is 0 Å². The molecule has 0 atom stereocenters. The lowest BCUT2D eigenvalue weighted by atomic mass is 10.4. The van der Waals surface area contributed by atoms with Crippen LogP contribution in [0.1, 0.15) is 53.1 Å². The first-order valence-corrected chi connectivity index (χ1v) is 8.16. The van der Waals surface area contributed by atoms with Gasteiger partial charge < -0.3 is 4.57 Å². The van der Waals surface area contributed by atoms with Crippen molar-refractivity contribution in [3.63, 3.8) is 0 Å². The van der Waals surface area contributed by atoms with E-state index < -0.39 is 0 Å². The predicted octanol–water partition coefficient (Wildman–Crippen LogP) is 3.52. The van der Waals surface area contributed by atoms with Gasteiger partial charge >= 0.3 is 0 Å². The Hall–Kier alpha value is -1.14. The predicted molar refractivity (Wildman–Crippen MR) is 74.1 cm³/mol. The lowest BCUT2D eigenvalue weighted by Crippen LogP contribution is -2.01. The Bertz CT molecular complexity index is 626. The molecule has 4 nitrogen and oxygen atoms in total. The molecule has 0 unspecified atom stereocenters. The standard InChI is InChI=1S/C13H13N3OS2/c17-7-10-5-6-11(18-10)19-13-15-14-12(8-1-2-8)16(13)9-3-4-9/h5-9H,1-4H2. The first kappa shape index (κ1) is 11.7. The van der Waals surface area contributed by atoms with Crippen molar-refractivity contribution in [2.24, 2.45) is 0 Å². The van der Waals surface area contributed by atoms with Gasteiger partial charge in [0.15, 0.2) is 11.4 Å². The highest BCUT2D eigenvalue weighted by Crippen LogP contribution is 2.47. The van der Waals surface area contributed by atoms with Crippen molar-refractivity contribution in [3.8, 4) is 0 Å². The zero-order chi connectivity index (χ0) is 12.8. The molecule has 6 heteroatoms. The number of hydrogen-bond acceptors (Lipinski definition) is 5. The SMILES string of the molecule is O=Cc1ccc(Sc2nnc(C3CC3)n2C2CC2)s1. The van der Waals surface area contributed by atoms with Gasteiger partial charge in [-0.2, -0.15) is 0 Å². The monoisotopic (exact) mass is 291 g/mol. The van der Waals surface area contributed by atoms with Gasteiger partial charge in [0.2, 0.25) is 0 Å². The van der Waals surface area contributed by atoms with E-state index in [0.29, 0.717) is 12.0 Å². The summed E-state index contributed by atoms with van der Waals surface area (Å²) in [7, 11) is 0. The average Bonchev–Trinajstić information content (AvgIpc) is 3.35. The highest BCUT2D eigenvalue weighted by molar-refractivity contribution is 8.01. The fraction of sp³-hybridized carbons (Fsp3) is 0.462. The van der Waals surface area contributed by atoms with E-state index in [-0.39, 0.29) is 0 Å². The Morgan fingerprint density at radius 2 is 2.11 bits per heavy atom. The third-order valence-corrected chi connectivity index (χ3v) is 5.56. The van der Waals surface area contributed by atoms with Gasteiger partial charge in [-0.15, -0.1) is 21.5 Å². The summed E-state index contributed by atoms with van der Waals surface area (Å²) in [6, 6.07) is 4.46. The molecule has 0 aliphatic heterocycles. The molecule has 98 valence electrons. The smallest absolute Gasteiger partial charge is 0.197 e. The van der Waals surface area contributed by atoms with E-state index in [2.05, 4.69) is 14.8 Å². The van der Waals surface area contributed by atoms with Gasteiger partial charge in [0, 0.05) is 12.0 Å². The van der Waals surface area contributed by atoms with Crippen LogP contribution >= 0.6 is 23.1 Å². The fourth-order valence-electron chi connectivity index (χ4n) is 2.20. The van der Waals surface area contributed by atoms with Crippen LogP contribution in [-0.4, -0.2) is 21.1 Å². The Balaban J connectivity index is 1.64. The second kappa shape index (κ2) is 4.45. The molecule has 2 fully saturated rings. The zero-order valence-corrected chi connectivity index (χ0v) is 11.9. The summed E-state index contributed by atoms with van der Waals surface area (Å²) in [5.74, 6) is 1.81. The van der Waals surface area contributed by atoms with Crippen LogP contribution in [0.2, 0.25) is 0 Å². The second-order valence-electron chi connectivity index (χ2n) is 5.09. The maximum absolute atomic E-state index is 10.7. The molecule has 0 N–H and O–H groups in total. The van der Waals surface area contributed by atoms with E-state index in [1.807, 2.05) is 12.1 Å². The Morgan fingerprint density at radius 3 is 2.74 bits per heavy atom. The van der Waals surface area contributed by atoms with Crippen LogP contribution in [-0.2, 0) is 0 Å². The molecule has 0 saturated heterocycles. The number of aromatic nitrogens is 3. The Labute approximate surface area is 119 Å². The van der Waals surface area contributed by atoms with E-state index in [4.69, 9.17) is 0 Å². The van der Waals surface area contributed by atoms with Crippen molar-refractivity contribution in [1.82, 2.24) is 14.8 Å². The number of carbonyl (C=O) groups is 1. The Morgan fingerprint density at radius 1 is 1.26 bits per heavy atom. The first-order valence-electron chi connectivity index (χ1n) is 6.53. The lowest BCUT2D eigenvalue weighted by Gasteiger charge is -2.06. The quantitative estimate of drug-likeness (QED) is 0.791. The lowest BCUT2D eigenvalue weighted by molar-refractivity contribution is 0.112. The fourth-order valence-corrected chi connectivity index (χ4v) is 4.17. The number of hydrogen-bond donors (Lipinski definition) is 0. The molecule has 2 aromatic heterocycles. The second-order valence-corrected chi connectivity index (χ2v) is 7.48. The first-order chi connectivity index (χ1) is 9.35. The van der Waals surface area contributed by atoms with Gasteiger partial charge in [-0.05, 0) is 49.6 Å². The minimum absolute atomic E-state index is 0.610. The minimum atomic E-state index is 0.610. The molecular weight excluding hydrogens is 278 g/mol. The molecule has 2 heterocycles. The molecule has 0 radical (unpaired) electrons. The van der Waals surface area contributed by atoms with E-state index in [0.717, 1.165) is 20.5 Å². The number of rotatable bonds is 5. The summed E-state index contributed by atoms with van der Waals surface area (Å²) in [4.78, 5) is 11.5. The van der Waals surface area contributed by atoms with Crippen LogP contribution in [0.25, 0.3) is 0 Å². The molecule has 19 heavy (non-hydrogen) atoms. The maximum Gasteiger partial charge on any atom is 0.197 e. The molecule has 0 bridgehead atoms. The molecular formula is C13H13N3OS2. The van der Waals surface area contributed by atoms with Gasteiger partial charge in [0.05, 0.1) is 9.09 Å². The van der Waals surface area contributed by atoms with E-state index in [1.165, 1.54) is 42.8 Å². The zero-order valence-electron chi connectivity index (χ0n) is 10.3. The largest absolute Gasteiger partial charge is 0.302 e. The van der Waals surface area contributed by atoms with Crippen LogP contribution in [0.5, 0.6) is 0 Å². The van der Waals surface area contributed by atoms with Crippen LogP contribution in [0.3, 0.4) is 0 Å². The third-order valence-electron chi connectivity index (χ3n) is 3.46. The summed E-state index contributed by atoms with van der Waals surface area (Å²) in [5, 5.41) is 9.74. The van der Waals surface area contributed by atoms with Crippen molar-refractivity contribution in [2.75, 3.05) is 0 Å². The topological polar surface area (TPSA) is 47.8 Å². The van der Waals surface area contributed by atoms with Crippen molar-refractivity contribution in [3.05, 3.63) is 22.8 Å². The third kappa shape index (κ3) is 2.23. The highest BCUT2D eigenvalue weighted by atomic mass is 32.2. The van der Waals surface area contributed by atoms with Crippen LogP contribution < -0.4 is 0 Å².